The normalized spacial score (nSPS) is 26.1. The highest BCUT2D eigenvalue weighted by atomic mass is 16.4. The Labute approximate surface area is 120 Å². The van der Waals surface area contributed by atoms with Crippen LogP contribution in [-0.2, 0) is 4.79 Å². The van der Waals surface area contributed by atoms with Crippen LogP contribution in [0.15, 0.2) is 0 Å². The van der Waals surface area contributed by atoms with Gasteiger partial charge >= 0.3 is 12.0 Å². The number of hydrogen-bond acceptors (Lipinski definition) is 3. The van der Waals surface area contributed by atoms with Crippen LogP contribution in [0.3, 0.4) is 0 Å². The number of carboxylic acids is 1. The zero-order valence-electron chi connectivity index (χ0n) is 12.2. The van der Waals surface area contributed by atoms with Gasteiger partial charge in [-0.25, -0.2) is 4.79 Å². The molecule has 2 aliphatic rings. The standard InChI is InChI=1S/C14H25N3O3/c1-16(7-3-5-13(18)19)14(20)15-11-6-9-17-8-2-4-12(17)10-11/h11-12H,2-10H2,1H3,(H,15,20)(H,18,19). The van der Waals surface area contributed by atoms with E-state index in [0.29, 0.717) is 19.0 Å². The summed E-state index contributed by atoms with van der Waals surface area (Å²) in [6.07, 6.45) is 5.21. The zero-order chi connectivity index (χ0) is 14.5. The lowest BCUT2D eigenvalue weighted by Crippen LogP contribution is -2.50. The van der Waals surface area contributed by atoms with Gasteiger partial charge in [-0.3, -0.25) is 4.79 Å². The summed E-state index contributed by atoms with van der Waals surface area (Å²) in [6, 6.07) is 0.835. The maximum Gasteiger partial charge on any atom is 0.317 e. The van der Waals surface area contributed by atoms with Crippen LogP contribution in [0, 0.1) is 0 Å². The van der Waals surface area contributed by atoms with Gasteiger partial charge in [0.2, 0.25) is 0 Å². The maximum atomic E-state index is 12.0. The summed E-state index contributed by atoms with van der Waals surface area (Å²) in [6.45, 7) is 2.78. The van der Waals surface area contributed by atoms with Crippen molar-refractivity contribution in [2.75, 3.05) is 26.7 Å². The maximum absolute atomic E-state index is 12.0. The molecule has 2 heterocycles. The summed E-state index contributed by atoms with van der Waals surface area (Å²) in [4.78, 5) is 26.6. The van der Waals surface area contributed by atoms with Crippen LogP contribution in [0.2, 0.25) is 0 Å². The molecule has 2 N–H and O–H groups in total. The molecular formula is C14H25N3O3. The minimum absolute atomic E-state index is 0.0770. The number of aliphatic carboxylic acids is 1. The van der Waals surface area contributed by atoms with E-state index in [9.17, 15) is 9.59 Å². The second kappa shape index (κ2) is 6.92. The second-order valence-electron chi connectivity index (χ2n) is 5.92. The highest BCUT2D eigenvalue weighted by Crippen LogP contribution is 2.26. The van der Waals surface area contributed by atoms with Gasteiger partial charge in [-0.05, 0) is 38.6 Å². The minimum atomic E-state index is -0.813. The molecule has 0 aliphatic carbocycles. The molecule has 2 amide bonds. The number of rotatable bonds is 5. The van der Waals surface area contributed by atoms with Crippen molar-refractivity contribution in [3.8, 4) is 0 Å². The van der Waals surface area contributed by atoms with Crippen LogP contribution >= 0.6 is 0 Å². The Kier molecular flexibility index (Phi) is 5.23. The van der Waals surface area contributed by atoms with E-state index in [1.54, 1.807) is 11.9 Å². The van der Waals surface area contributed by atoms with Gasteiger partial charge in [-0.2, -0.15) is 0 Å². The van der Waals surface area contributed by atoms with E-state index in [2.05, 4.69) is 10.2 Å². The van der Waals surface area contributed by atoms with Gasteiger partial charge < -0.3 is 20.2 Å². The monoisotopic (exact) mass is 283 g/mol. The topological polar surface area (TPSA) is 72.9 Å². The lowest BCUT2D eigenvalue weighted by molar-refractivity contribution is -0.137. The number of fused-ring (bicyclic) bond motifs is 1. The Hall–Kier alpha value is -1.30. The first-order valence-electron chi connectivity index (χ1n) is 7.53. The Bertz CT molecular complexity index is 362. The highest BCUT2D eigenvalue weighted by molar-refractivity contribution is 5.74. The number of carboxylic acid groups (broad SMARTS) is 1. The third-order valence-corrected chi connectivity index (χ3v) is 4.38. The fourth-order valence-electron chi connectivity index (χ4n) is 3.21. The Morgan fingerprint density at radius 3 is 2.90 bits per heavy atom. The van der Waals surface area contributed by atoms with Crippen LogP contribution in [0.4, 0.5) is 4.79 Å². The molecule has 114 valence electrons. The lowest BCUT2D eigenvalue weighted by atomic mass is 9.98. The Balaban J connectivity index is 1.69. The molecule has 0 bridgehead atoms. The molecule has 2 rings (SSSR count). The summed E-state index contributed by atoms with van der Waals surface area (Å²) < 4.78 is 0. The van der Waals surface area contributed by atoms with E-state index in [1.807, 2.05) is 0 Å². The van der Waals surface area contributed by atoms with Gasteiger partial charge in [0, 0.05) is 38.6 Å². The highest BCUT2D eigenvalue weighted by Gasteiger charge is 2.32. The van der Waals surface area contributed by atoms with Crippen molar-refractivity contribution in [3.63, 3.8) is 0 Å². The van der Waals surface area contributed by atoms with Gasteiger partial charge in [0.05, 0.1) is 0 Å². The van der Waals surface area contributed by atoms with Crippen molar-refractivity contribution >= 4 is 12.0 Å². The zero-order valence-corrected chi connectivity index (χ0v) is 12.2. The first kappa shape index (κ1) is 15.1. The molecule has 2 aliphatic heterocycles. The minimum Gasteiger partial charge on any atom is -0.481 e. The van der Waals surface area contributed by atoms with E-state index in [0.717, 1.165) is 19.4 Å². The molecule has 2 atom stereocenters. The predicted molar refractivity (Wildman–Crippen MR) is 75.6 cm³/mol. The third kappa shape index (κ3) is 4.10. The lowest BCUT2D eigenvalue weighted by Gasteiger charge is -2.35. The van der Waals surface area contributed by atoms with Crippen LogP contribution in [0.1, 0.15) is 38.5 Å². The number of urea groups is 1. The quantitative estimate of drug-likeness (QED) is 0.793. The number of nitrogens with one attached hydrogen (secondary N) is 1. The number of carbonyl (C=O) groups is 2. The van der Waals surface area contributed by atoms with Crippen LogP contribution in [-0.4, -0.2) is 65.7 Å². The number of piperidine rings is 1. The number of nitrogens with zero attached hydrogens (tertiary/aromatic N) is 2. The average Bonchev–Trinajstić information content (AvgIpc) is 2.85. The predicted octanol–water partition coefficient (Wildman–Crippen LogP) is 1.12. The van der Waals surface area contributed by atoms with Crippen LogP contribution < -0.4 is 5.32 Å². The Morgan fingerprint density at radius 1 is 1.35 bits per heavy atom. The van der Waals surface area contributed by atoms with Crippen LogP contribution in [0.25, 0.3) is 0 Å². The summed E-state index contributed by atoms with van der Waals surface area (Å²) in [7, 11) is 1.72. The largest absolute Gasteiger partial charge is 0.481 e. The number of hydrogen-bond donors (Lipinski definition) is 2. The average molecular weight is 283 g/mol. The molecule has 0 aromatic heterocycles. The van der Waals surface area contributed by atoms with E-state index < -0.39 is 5.97 Å². The van der Waals surface area contributed by atoms with Gasteiger partial charge in [0.1, 0.15) is 0 Å². The molecule has 2 unspecified atom stereocenters. The molecular weight excluding hydrogens is 258 g/mol. The van der Waals surface area contributed by atoms with E-state index in [1.165, 1.54) is 19.4 Å². The number of amides is 2. The Morgan fingerprint density at radius 2 is 2.15 bits per heavy atom. The molecule has 0 spiro atoms. The van der Waals surface area contributed by atoms with Crippen LogP contribution in [0.5, 0.6) is 0 Å². The van der Waals surface area contributed by atoms with E-state index >= 15 is 0 Å². The fourth-order valence-corrected chi connectivity index (χ4v) is 3.21. The SMILES string of the molecule is CN(CCCC(=O)O)C(=O)NC1CCN2CCCC2C1. The van der Waals surface area contributed by atoms with Crippen molar-refractivity contribution in [1.82, 2.24) is 15.1 Å². The summed E-state index contributed by atoms with van der Waals surface area (Å²) >= 11 is 0. The van der Waals surface area contributed by atoms with Crippen molar-refractivity contribution in [1.29, 1.82) is 0 Å². The van der Waals surface area contributed by atoms with Gasteiger partial charge in [0.15, 0.2) is 0 Å². The first-order chi connectivity index (χ1) is 9.56. The molecule has 0 radical (unpaired) electrons. The molecule has 0 aromatic carbocycles. The van der Waals surface area contributed by atoms with Crippen molar-refractivity contribution in [3.05, 3.63) is 0 Å². The van der Waals surface area contributed by atoms with E-state index in [-0.39, 0.29) is 18.5 Å². The summed E-state index contributed by atoms with van der Waals surface area (Å²) in [5, 5.41) is 11.7. The van der Waals surface area contributed by atoms with Gasteiger partial charge in [0.25, 0.3) is 0 Å². The molecule has 2 fully saturated rings. The fraction of sp³-hybridized carbons (Fsp3) is 0.857. The molecule has 0 aromatic rings. The van der Waals surface area contributed by atoms with Crippen molar-refractivity contribution in [2.24, 2.45) is 0 Å². The van der Waals surface area contributed by atoms with Crippen molar-refractivity contribution < 1.29 is 14.7 Å². The molecule has 6 nitrogen and oxygen atoms in total. The smallest absolute Gasteiger partial charge is 0.317 e. The van der Waals surface area contributed by atoms with E-state index in [4.69, 9.17) is 5.11 Å². The molecule has 2 saturated heterocycles. The summed E-state index contributed by atoms with van der Waals surface area (Å²) in [5.74, 6) is -0.813. The second-order valence-corrected chi connectivity index (χ2v) is 5.92. The van der Waals surface area contributed by atoms with Gasteiger partial charge in [-0.1, -0.05) is 0 Å². The molecule has 20 heavy (non-hydrogen) atoms. The number of carbonyl (C=O) groups excluding carboxylic acids is 1. The summed E-state index contributed by atoms with van der Waals surface area (Å²) in [5.41, 5.74) is 0. The molecule has 0 saturated carbocycles. The van der Waals surface area contributed by atoms with Gasteiger partial charge in [-0.15, -0.1) is 0 Å². The third-order valence-electron chi connectivity index (χ3n) is 4.38. The molecule has 6 heteroatoms. The first-order valence-corrected chi connectivity index (χ1v) is 7.53. The van der Waals surface area contributed by atoms with Crippen molar-refractivity contribution in [2.45, 2.75) is 50.6 Å².